The van der Waals surface area contributed by atoms with E-state index >= 15 is 0 Å². The molecule has 1 unspecified atom stereocenters. The van der Waals surface area contributed by atoms with Gasteiger partial charge in [0, 0.05) is 34.6 Å². The molecule has 5 rings (SSSR count). The zero-order valence-electron chi connectivity index (χ0n) is 21.3. The molecule has 0 aliphatic rings. The molecule has 1 amide bonds. The monoisotopic (exact) mass is 581 g/mol. The Bertz CT molecular complexity index is 1500. The summed E-state index contributed by atoms with van der Waals surface area (Å²) in [4.78, 5) is 22.5. The van der Waals surface area contributed by atoms with Gasteiger partial charge in [-0.05, 0) is 52.1 Å². The lowest BCUT2D eigenvalue weighted by molar-refractivity contribution is -0.124. The smallest absolute Gasteiger partial charge is 0.232 e. The van der Waals surface area contributed by atoms with Gasteiger partial charge in [-0.3, -0.25) is 9.78 Å². The van der Waals surface area contributed by atoms with Crippen molar-refractivity contribution in [1.82, 2.24) is 9.97 Å². The fraction of sp³-hybridized carbons (Fsp3) is 0.156. The Labute approximate surface area is 236 Å². The van der Waals surface area contributed by atoms with Crippen molar-refractivity contribution in [3.8, 4) is 11.1 Å². The topological polar surface area (TPSA) is 54.9 Å². The standard InChI is InChI=1S/C32H28BrN3OS/c1-32(2,29(25-6-4-3-5-7-25)26-12-14-27(33)15-13-26)30(37)36-31-35-28(21-38-31)20-22-8-10-23(11-9-22)24-16-18-34-19-17-24/h3-19,21,29H,20H2,1-2H3,(H,35,36,37). The molecular weight excluding hydrogens is 554 g/mol. The highest BCUT2D eigenvalue weighted by Gasteiger charge is 2.39. The largest absolute Gasteiger partial charge is 0.301 e. The highest BCUT2D eigenvalue weighted by atomic mass is 79.9. The first-order valence-electron chi connectivity index (χ1n) is 12.5. The summed E-state index contributed by atoms with van der Waals surface area (Å²) in [5.41, 5.74) is 5.88. The fourth-order valence-corrected chi connectivity index (χ4v) is 5.70. The van der Waals surface area contributed by atoms with Gasteiger partial charge in [-0.15, -0.1) is 11.3 Å². The van der Waals surface area contributed by atoms with E-state index in [2.05, 4.69) is 74.8 Å². The lowest BCUT2D eigenvalue weighted by atomic mass is 9.70. The molecule has 2 heterocycles. The third-order valence-corrected chi connectivity index (χ3v) is 8.10. The Morgan fingerprint density at radius 3 is 2.18 bits per heavy atom. The zero-order chi connectivity index (χ0) is 26.5. The minimum Gasteiger partial charge on any atom is -0.301 e. The molecule has 0 radical (unpaired) electrons. The van der Waals surface area contributed by atoms with Crippen molar-refractivity contribution in [2.75, 3.05) is 5.32 Å². The molecule has 3 aromatic carbocycles. The van der Waals surface area contributed by atoms with Gasteiger partial charge in [0.05, 0.1) is 11.1 Å². The van der Waals surface area contributed by atoms with E-state index in [1.165, 1.54) is 16.9 Å². The molecule has 1 N–H and O–H groups in total. The van der Waals surface area contributed by atoms with Crippen molar-refractivity contribution in [2.24, 2.45) is 5.41 Å². The average Bonchev–Trinajstić information content (AvgIpc) is 3.38. The van der Waals surface area contributed by atoms with E-state index < -0.39 is 5.41 Å². The minimum atomic E-state index is -0.718. The van der Waals surface area contributed by atoms with Crippen LogP contribution in [0.15, 0.2) is 113 Å². The predicted octanol–water partition coefficient (Wildman–Crippen LogP) is 8.36. The molecule has 1 atom stereocenters. The summed E-state index contributed by atoms with van der Waals surface area (Å²) in [5.74, 6) is -0.174. The Morgan fingerprint density at radius 1 is 0.868 bits per heavy atom. The number of hydrogen-bond donors (Lipinski definition) is 1. The SMILES string of the molecule is CC(C)(C(=O)Nc1nc(Cc2ccc(-c3ccncc3)cc2)cs1)C(c1ccccc1)c1ccc(Br)cc1. The van der Waals surface area contributed by atoms with Gasteiger partial charge >= 0.3 is 0 Å². The number of anilines is 1. The van der Waals surface area contributed by atoms with Gasteiger partial charge in [-0.25, -0.2) is 4.98 Å². The van der Waals surface area contributed by atoms with Crippen LogP contribution in [0.1, 0.15) is 42.1 Å². The maximum Gasteiger partial charge on any atom is 0.232 e. The number of carbonyl (C=O) groups excluding carboxylic acids is 1. The summed E-state index contributed by atoms with van der Waals surface area (Å²) in [7, 11) is 0. The number of amides is 1. The van der Waals surface area contributed by atoms with E-state index in [1.54, 1.807) is 12.4 Å². The van der Waals surface area contributed by atoms with Gasteiger partial charge in [0.2, 0.25) is 5.91 Å². The number of nitrogens with one attached hydrogen (secondary N) is 1. The van der Waals surface area contributed by atoms with E-state index in [4.69, 9.17) is 4.98 Å². The van der Waals surface area contributed by atoms with Crippen LogP contribution in [0.2, 0.25) is 0 Å². The molecule has 4 nitrogen and oxygen atoms in total. The van der Waals surface area contributed by atoms with E-state index in [-0.39, 0.29) is 11.8 Å². The zero-order valence-corrected chi connectivity index (χ0v) is 23.7. The summed E-state index contributed by atoms with van der Waals surface area (Å²) in [6, 6.07) is 30.9. The molecule has 190 valence electrons. The van der Waals surface area contributed by atoms with Crippen LogP contribution in [0.3, 0.4) is 0 Å². The molecule has 38 heavy (non-hydrogen) atoms. The second-order valence-electron chi connectivity index (χ2n) is 9.82. The van der Waals surface area contributed by atoms with E-state index in [0.717, 1.165) is 32.4 Å². The third-order valence-electron chi connectivity index (χ3n) is 6.77. The average molecular weight is 583 g/mol. The molecule has 5 aromatic rings. The van der Waals surface area contributed by atoms with Gasteiger partial charge in [0.25, 0.3) is 0 Å². The summed E-state index contributed by atoms with van der Waals surface area (Å²) >= 11 is 4.99. The number of hydrogen-bond acceptors (Lipinski definition) is 4. The fourth-order valence-electron chi connectivity index (χ4n) is 4.73. The maximum absolute atomic E-state index is 13.7. The van der Waals surface area contributed by atoms with Crippen molar-refractivity contribution < 1.29 is 4.79 Å². The van der Waals surface area contributed by atoms with Crippen LogP contribution in [0, 0.1) is 5.41 Å². The molecule has 0 aliphatic carbocycles. The molecule has 0 bridgehead atoms. The van der Waals surface area contributed by atoms with Gasteiger partial charge in [0.15, 0.2) is 5.13 Å². The normalized spacial score (nSPS) is 12.2. The number of aromatic nitrogens is 2. The van der Waals surface area contributed by atoms with Crippen LogP contribution in [0.5, 0.6) is 0 Å². The molecule has 0 saturated heterocycles. The molecule has 0 fully saturated rings. The quantitative estimate of drug-likeness (QED) is 0.200. The lowest BCUT2D eigenvalue weighted by Crippen LogP contribution is -2.37. The van der Waals surface area contributed by atoms with Crippen LogP contribution in [0.4, 0.5) is 5.13 Å². The Kier molecular flexibility index (Phi) is 7.82. The predicted molar refractivity (Wildman–Crippen MR) is 159 cm³/mol. The summed E-state index contributed by atoms with van der Waals surface area (Å²) in [6.45, 7) is 4.00. The number of benzene rings is 3. The number of thiazole rings is 1. The highest BCUT2D eigenvalue weighted by Crippen LogP contribution is 2.42. The molecule has 6 heteroatoms. The summed E-state index contributed by atoms with van der Waals surface area (Å²) in [6.07, 6.45) is 4.31. The van der Waals surface area contributed by atoms with Crippen LogP contribution in [-0.4, -0.2) is 15.9 Å². The molecule has 0 spiro atoms. The van der Waals surface area contributed by atoms with Crippen molar-refractivity contribution in [2.45, 2.75) is 26.2 Å². The van der Waals surface area contributed by atoms with E-state index in [1.807, 2.05) is 61.7 Å². The molecule has 0 aliphatic heterocycles. The number of rotatable bonds is 8. The van der Waals surface area contributed by atoms with Crippen LogP contribution < -0.4 is 5.32 Å². The third kappa shape index (κ3) is 5.93. The summed E-state index contributed by atoms with van der Waals surface area (Å²) < 4.78 is 1.01. The van der Waals surface area contributed by atoms with E-state index in [9.17, 15) is 4.79 Å². The van der Waals surface area contributed by atoms with E-state index in [0.29, 0.717) is 11.6 Å². The van der Waals surface area contributed by atoms with Crippen LogP contribution in [0.25, 0.3) is 11.1 Å². The Balaban J connectivity index is 1.31. The van der Waals surface area contributed by atoms with Gasteiger partial charge in [0.1, 0.15) is 0 Å². The second-order valence-corrected chi connectivity index (χ2v) is 11.6. The van der Waals surface area contributed by atoms with Crippen molar-refractivity contribution in [3.05, 3.63) is 136 Å². The van der Waals surface area contributed by atoms with Crippen LogP contribution in [-0.2, 0) is 11.2 Å². The van der Waals surface area contributed by atoms with Crippen molar-refractivity contribution in [3.63, 3.8) is 0 Å². The van der Waals surface area contributed by atoms with Crippen molar-refractivity contribution in [1.29, 1.82) is 0 Å². The Hall–Kier alpha value is -3.61. The lowest BCUT2D eigenvalue weighted by Gasteiger charge is -2.33. The number of halogens is 1. The minimum absolute atomic E-state index is 0.0584. The van der Waals surface area contributed by atoms with Gasteiger partial charge in [-0.2, -0.15) is 0 Å². The summed E-state index contributed by atoms with van der Waals surface area (Å²) in [5, 5.41) is 5.74. The Morgan fingerprint density at radius 2 is 1.50 bits per heavy atom. The number of nitrogens with zero attached hydrogens (tertiary/aromatic N) is 2. The van der Waals surface area contributed by atoms with Gasteiger partial charge < -0.3 is 5.32 Å². The first-order valence-corrected chi connectivity index (χ1v) is 14.1. The number of carbonyl (C=O) groups is 1. The first-order chi connectivity index (χ1) is 18.4. The number of pyridine rings is 1. The first kappa shape index (κ1) is 26.0. The highest BCUT2D eigenvalue weighted by molar-refractivity contribution is 9.10. The maximum atomic E-state index is 13.7. The molecule has 2 aromatic heterocycles. The van der Waals surface area contributed by atoms with Gasteiger partial charge in [-0.1, -0.05) is 96.5 Å². The molecular formula is C32H28BrN3OS. The van der Waals surface area contributed by atoms with Crippen molar-refractivity contribution >= 4 is 38.3 Å². The second kappa shape index (κ2) is 11.4. The van der Waals surface area contributed by atoms with Crippen LogP contribution >= 0.6 is 27.3 Å². The molecule has 0 saturated carbocycles.